The second-order valence-corrected chi connectivity index (χ2v) is 10.8. The fourth-order valence-electron chi connectivity index (χ4n) is 3.01. The van der Waals surface area contributed by atoms with Crippen molar-refractivity contribution in [2.75, 3.05) is 19.3 Å². The van der Waals surface area contributed by atoms with E-state index < -0.39 is 25.8 Å². The molecule has 0 aliphatic carbocycles. The molecular weight excluding hydrogens is 456 g/mol. The van der Waals surface area contributed by atoms with E-state index in [9.17, 15) is 21.6 Å². The molecule has 0 radical (unpaired) electrons. The number of carboxylic acids is 1. The van der Waals surface area contributed by atoms with Gasteiger partial charge in [0, 0.05) is 6.26 Å². The van der Waals surface area contributed by atoms with Gasteiger partial charge in [0.15, 0.2) is 9.84 Å². The summed E-state index contributed by atoms with van der Waals surface area (Å²) in [7, 11) is -7.96. The average Bonchev–Trinajstić information content (AvgIpc) is 2.74. The minimum absolute atomic E-state index is 0.155. The van der Waals surface area contributed by atoms with E-state index in [4.69, 9.17) is 15.0 Å². The van der Waals surface area contributed by atoms with Crippen molar-refractivity contribution in [1.82, 2.24) is 5.32 Å². The monoisotopic (exact) mass is 484 g/mol. The third kappa shape index (κ3) is 7.30. The molecule has 2 aromatic rings. The predicted molar refractivity (Wildman–Crippen MR) is 120 cm³/mol. The Hall–Kier alpha value is -2.47. The van der Waals surface area contributed by atoms with Crippen LogP contribution in [0.2, 0.25) is 0 Å². The van der Waals surface area contributed by atoms with Crippen molar-refractivity contribution in [3.05, 3.63) is 47.5 Å². The summed E-state index contributed by atoms with van der Waals surface area (Å²) in [5.41, 5.74) is 0.455. The maximum atomic E-state index is 12.0. The van der Waals surface area contributed by atoms with Gasteiger partial charge in [-0.15, -0.1) is 0 Å². The number of sulfone groups is 1. The lowest BCUT2D eigenvalue weighted by Gasteiger charge is -2.14. The highest BCUT2D eigenvalue weighted by Gasteiger charge is 2.22. The molecule has 2 aromatic carbocycles. The Morgan fingerprint density at radius 2 is 1.59 bits per heavy atom. The first kappa shape index (κ1) is 25.8. The van der Waals surface area contributed by atoms with Crippen LogP contribution < -0.4 is 15.2 Å². The van der Waals surface area contributed by atoms with Gasteiger partial charge in [-0.05, 0) is 68.2 Å². The maximum Gasteiger partial charge on any atom is 0.335 e. The van der Waals surface area contributed by atoms with Gasteiger partial charge < -0.3 is 15.2 Å². The Morgan fingerprint density at radius 1 is 1.00 bits per heavy atom. The smallest absolute Gasteiger partial charge is 0.335 e. The van der Waals surface area contributed by atoms with E-state index >= 15 is 0 Å². The second-order valence-electron chi connectivity index (χ2n) is 7.33. The second kappa shape index (κ2) is 10.9. The molecule has 1 aliphatic rings. The summed E-state index contributed by atoms with van der Waals surface area (Å²) < 4.78 is 53.1. The van der Waals surface area contributed by atoms with Crippen LogP contribution in [0.15, 0.2) is 46.2 Å². The highest BCUT2D eigenvalue weighted by molar-refractivity contribution is 7.90. The number of piperidine rings is 1. The molecule has 1 heterocycles. The fourth-order valence-corrected chi connectivity index (χ4v) is 4.54. The summed E-state index contributed by atoms with van der Waals surface area (Å²) in [6, 6.07) is 7.59. The first-order chi connectivity index (χ1) is 14.9. The summed E-state index contributed by atoms with van der Waals surface area (Å²) >= 11 is 0. The quantitative estimate of drug-likeness (QED) is 0.565. The molecule has 3 rings (SSSR count). The van der Waals surface area contributed by atoms with Crippen molar-refractivity contribution in [3.8, 4) is 11.5 Å². The number of hydrogen-bond acceptors (Lipinski definition) is 7. The van der Waals surface area contributed by atoms with E-state index in [0.29, 0.717) is 12.0 Å². The molecule has 1 aliphatic heterocycles. The number of hydrogen-bond donors (Lipinski definition) is 3. The molecule has 0 atom stereocenters. The van der Waals surface area contributed by atoms with Gasteiger partial charge in [0.1, 0.15) is 21.3 Å². The van der Waals surface area contributed by atoms with Crippen LogP contribution >= 0.6 is 0 Å². The van der Waals surface area contributed by atoms with Crippen LogP contribution in [0.4, 0.5) is 0 Å². The lowest BCUT2D eigenvalue weighted by atomic mass is 10.1. The number of nitrogens with one attached hydrogen (secondary N) is 1. The molecule has 1 fully saturated rings. The van der Waals surface area contributed by atoms with Gasteiger partial charge in [-0.1, -0.05) is 19.4 Å². The largest absolute Gasteiger partial charge is 0.478 e. The summed E-state index contributed by atoms with van der Waals surface area (Å²) in [6.07, 6.45) is 5.67. The zero-order chi connectivity index (χ0) is 23.9. The van der Waals surface area contributed by atoms with E-state index in [1.165, 1.54) is 44.5 Å². The van der Waals surface area contributed by atoms with Gasteiger partial charge in [0.05, 0.1) is 5.56 Å². The Balaban J connectivity index is 0.000000520. The van der Waals surface area contributed by atoms with Crippen molar-refractivity contribution in [2.24, 2.45) is 5.14 Å². The lowest BCUT2D eigenvalue weighted by Crippen LogP contribution is -2.21. The first-order valence-corrected chi connectivity index (χ1v) is 13.5. The number of rotatable bonds is 6. The minimum atomic E-state index is -4.12. The van der Waals surface area contributed by atoms with Crippen molar-refractivity contribution in [2.45, 2.75) is 42.4 Å². The van der Waals surface area contributed by atoms with Crippen molar-refractivity contribution < 1.29 is 31.5 Å². The highest BCUT2D eigenvalue weighted by atomic mass is 32.2. The van der Waals surface area contributed by atoms with E-state index in [2.05, 4.69) is 5.32 Å². The van der Waals surface area contributed by atoms with Gasteiger partial charge in [0.2, 0.25) is 10.0 Å². The zero-order valence-electron chi connectivity index (χ0n) is 18.0. The van der Waals surface area contributed by atoms with E-state index in [0.717, 1.165) is 24.5 Å². The number of primary sulfonamides is 1. The number of aromatic carboxylic acids is 1. The first-order valence-electron chi connectivity index (χ1n) is 10.0. The number of nitrogens with two attached hydrogens (primary N) is 1. The summed E-state index contributed by atoms with van der Waals surface area (Å²) in [4.78, 5) is 10.4. The van der Waals surface area contributed by atoms with E-state index in [1.54, 1.807) is 6.07 Å². The Bertz CT molecular complexity index is 1160. The summed E-state index contributed by atoms with van der Waals surface area (Å²) in [6.45, 7) is 4.33. The highest BCUT2D eigenvalue weighted by Crippen LogP contribution is 2.33. The van der Waals surface area contributed by atoms with E-state index in [1.807, 2.05) is 6.92 Å². The molecular formula is C21H28N2O7S2. The topological polar surface area (TPSA) is 153 Å². The SMILES string of the molecule is C1CCNCC1.CCc1ccc(Oc2ccc(C(=O)O)cc2S(C)(=O)=O)c(S(N)(=O)=O)c1. The number of sulfonamides is 1. The van der Waals surface area contributed by atoms with Crippen molar-refractivity contribution in [1.29, 1.82) is 0 Å². The molecule has 0 aromatic heterocycles. The molecule has 1 saturated heterocycles. The van der Waals surface area contributed by atoms with Crippen LogP contribution in [0.5, 0.6) is 11.5 Å². The van der Waals surface area contributed by atoms with Gasteiger partial charge in [-0.2, -0.15) is 0 Å². The molecule has 0 bridgehead atoms. The van der Waals surface area contributed by atoms with Gasteiger partial charge >= 0.3 is 5.97 Å². The standard InChI is InChI=1S/C16H17NO7S2.C5H11N/c1-3-10-4-6-13(15(8-10)26(17,22)23)24-12-7-5-11(16(18)19)9-14(12)25(2,20)21;1-2-4-6-5-3-1/h4-9H,3H2,1-2H3,(H,18,19)(H2,17,22,23);6H,1-5H2. The van der Waals surface area contributed by atoms with Gasteiger partial charge in [-0.3, -0.25) is 0 Å². The molecule has 0 saturated carbocycles. The van der Waals surface area contributed by atoms with Crippen molar-refractivity contribution >= 4 is 25.8 Å². The molecule has 176 valence electrons. The summed E-state index contributed by atoms with van der Waals surface area (Å²) in [5, 5.41) is 17.5. The molecule has 9 nitrogen and oxygen atoms in total. The number of benzene rings is 2. The molecule has 32 heavy (non-hydrogen) atoms. The zero-order valence-corrected chi connectivity index (χ0v) is 19.6. The predicted octanol–water partition coefficient (Wildman–Crippen LogP) is 2.55. The van der Waals surface area contributed by atoms with Gasteiger partial charge in [0.25, 0.3) is 0 Å². The van der Waals surface area contributed by atoms with Crippen LogP contribution in [-0.4, -0.2) is 47.3 Å². The third-order valence-electron chi connectivity index (χ3n) is 4.74. The Kier molecular flexibility index (Phi) is 8.79. The number of aryl methyl sites for hydroxylation is 1. The van der Waals surface area contributed by atoms with Crippen LogP contribution in [0.1, 0.15) is 42.1 Å². The molecule has 0 spiro atoms. The van der Waals surface area contributed by atoms with E-state index in [-0.39, 0.29) is 26.9 Å². The van der Waals surface area contributed by atoms with Crippen molar-refractivity contribution in [3.63, 3.8) is 0 Å². The third-order valence-corrected chi connectivity index (χ3v) is 6.79. The van der Waals surface area contributed by atoms with Crippen LogP contribution in [0.3, 0.4) is 0 Å². The normalized spacial score (nSPS) is 14.2. The number of ether oxygens (including phenoxy) is 1. The van der Waals surface area contributed by atoms with Crippen LogP contribution in [-0.2, 0) is 26.3 Å². The molecule has 0 amide bonds. The molecule has 11 heteroatoms. The number of carbonyl (C=O) groups is 1. The summed E-state index contributed by atoms with van der Waals surface area (Å²) in [5.74, 6) is -1.66. The average molecular weight is 485 g/mol. The molecule has 4 N–H and O–H groups in total. The minimum Gasteiger partial charge on any atom is -0.478 e. The fraction of sp³-hybridized carbons (Fsp3) is 0.381. The van der Waals surface area contributed by atoms with Crippen LogP contribution in [0.25, 0.3) is 0 Å². The van der Waals surface area contributed by atoms with Gasteiger partial charge in [-0.25, -0.2) is 26.8 Å². The Morgan fingerprint density at radius 3 is 2.03 bits per heavy atom. The van der Waals surface area contributed by atoms with Crippen LogP contribution in [0, 0.1) is 0 Å². The maximum absolute atomic E-state index is 12.0. The lowest BCUT2D eigenvalue weighted by molar-refractivity contribution is 0.0696. The Labute approximate surface area is 188 Å². The number of carboxylic acid groups (broad SMARTS) is 1. The molecule has 0 unspecified atom stereocenters.